The minimum absolute atomic E-state index is 0.211. The Morgan fingerprint density at radius 3 is 2.31 bits per heavy atom. The number of rotatable bonds is 8. The highest BCUT2D eigenvalue weighted by Crippen LogP contribution is 2.28. The Balaban J connectivity index is 1.25. The summed E-state index contributed by atoms with van der Waals surface area (Å²) in [5.74, 6) is 1.20. The first-order valence-electron chi connectivity index (χ1n) is 12.2. The second kappa shape index (κ2) is 11.7. The second-order valence-electron chi connectivity index (χ2n) is 9.15. The highest BCUT2D eigenvalue weighted by Gasteiger charge is 2.19. The normalized spacial score (nSPS) is 14.5. The van der Waals surface area contributed by atoms with Crippen LogP contribution < -0.4 is 15.1 Å². The van der Waals surface area contributed by atoms with Crippen molar-refractivity contribution in [3.05, 3.63) is 95.1 Å². The summed E-state index contributed by atoms with van der Waals surface area (Å²) < 4.78 is 5.51. The molecule has 1 aliphatic rings. The molecule has 1 saturated heterocycles. The van der Waals surface area contributed by atoms with Crippen LogP contribution in [0.15, 0.2) is 77.9 Å². The van der Waals surface area contributed by atoms with Crippen LogP contribution >= 0.6 is 0 Å². The average molecular weight is 471 g/mol. The standard InChI is InChI=1S/C29H34N4O2/c1-22(2)25-12-8-23(9-13-25)20-30-31-29(34)26-14-10-24(11-15-26)21-32-16-18-33(19-17-32)27-6-4-5-7-28(27)35-3/h4-15,20,22H,16-19,21H2,1-3H3,(H,31,34)/b30-20-. The van der Waals surface area contributed by atoms with Crippen molar-refractivity contribution in [2.75, 3.05) is 38.2 Å². The summed E-state index contributed by atoms with van der Waals surface area (Å²) in [6, 6.07) is 24.1. The fourth-order valence-corrected chi connectivity index (χ4v) is 4.25. The van der Waals surface area contributed by atoms with E-state index in [0.29, 0.717) is 11.5 Å². The molecule has 4 rings (SSSR count). The minimum Gasteiger partial charge on any atom is -0.495 e. The van der Waals surface area contributed by atoms with E-state index in [0.717, 1.165) is 49.7 Å². The van der Waals surface area contributed by atoms with Gasteiger partial charge in [-0.05, 0) is 46.9 Å². The van der Waals surface area contributed by atoms with Gasteiger partial charge in [0.2, 0.25) is 0 Å². The van der Waals surface area contributed by atoms with Crippen LogP contribution in [-0.4, -0.2) is 50.3 Å². The van der Waals surface area contributed by atoms with E-state index in [4.69, 9.17) is 4.74 Å². The van der Waals surface area contributed by atoms with Gasteiger partial charge < -0.3 is 9.64 Å². The number of piperazine rings is 1. The van der Waals surface area contributed by atoms with Crippen LogP contribution in [0.1, 0.15) is 46.8 Å². The van der Waals surface area contributed by atoms with E-state index in [-0.39, 0.29) is 5.91 Å². The van der Waals surface area contributed by atoms with E-state index in [1.54, 1.807) is 13.3 Å². The molecule has 3 aromatic carbocycles. The molecule has 1 heterocycles. The summed E-state index contributed by atoms with van der Waals surface area (Å²) in [7, 11) is 1.72. The van der Waals surface area contributed by atoms with Crippen LogP contribution in [0.25, 0.3) is 0 Å². The largest absolute Gasteiger partial charge is 0.495 e. The number of para-hydroxylation sites is 2. The lowest BCUT2D eigenvalue weighted by atomic mass is 10.0. The Kier molecular flexibility index (Phi) is 8.16. The highest BCUT2D eigenvalue weighted by atomic mass is 16.5. The van der Waals surface area contributed by atoms with Crippen molar-refractivity contribution < 1.29 is 9.53 Å². The first-order chi connectivity index (χ1) is 17.0. The van der Waals surface area contributed by atoms with Crippen molar-refractivity contribution in [3.63, 3.8) is 0 Å². The number of nitrogens with one attached hydrogen (secondary N) is 1. The van der Waals surface area contributed by atoms with E-state index >= 15 is 0 Å². The summed E-state index contributed by atoms with van der Waals surface area (Å²) in [6.45, 7) is 9.07. The lowest BCUT2D eigenvalue weighted by molar-refractivity contribution is 0.0955. The van der Waals surface area contributed by atoms with Crippen molar-refractivity contribution in [2.45, 2.75) is 26.3 Å². The molecule has 0 radical (unpaired) electrons. The van der Waals surface area contributed by atoms with Crippen LogP contribution in [-0.2, 0) is 6.54 Å². The number of carbonyl (C=O) groups is 1. The van der Waals surface area contributed by atoms with Gasteiger partial charge in [0.15, 0.2) is 0 Å². The molecule has 0 bridgehead atoms. The van der Waals surface area contributed by atoms with Gasteiger partial charge in [0.1, 0.15) is 5.75 Å². The summed E-state index contributed by atoms with van der Waals surface area (Å²) in [5, 5.41) is 4.11. The van der Waals surface area contributed by atoms with Gasteiger partial charge in [0.25, 0.3) is 5.91 Å². The van der Waals surface area contributed by atoms with Gasteiger partial charge in [-0.25, -0.2) is 5.43 Å². The lowest BCUT2D eigenvalue weighted by Crippen LogP contribution is -2.46. The Labute approximate surface area is 208 Å². The van der Waals surface area contributed by atoms with Gasteiger partial charge in [-0.2, -0.15) is 5.10 Å². The molecular weight excluding hydrogens is 436 g/mol. The number of ether oxygens (including phenoxy) is 1. The number of hydrogen-bond acceptors (Lipinski definition) is 5. The van der Waals surface area contributed by atoms with Gasteiger partial charge >= 0.3 is 0 Å². The Hall–Kier alpha value is -3.64. The molecule has 1 amide bonds. The molecule has 1 aliphatic heterocycles. The fraction of sp³-hybridized carbons (Fsp3) is 0.310. The zero-order valence-electron chi connectivity index (χ0n) is 20.8. The van der Waals surface area contributed by atoms with Gasteiger partial charge in [-0.3, -0.25) is 9.69 Å². The third kappa shape index (κ3) is 6.49. The molecule has 0 saturated carbocycles. The van der Waals surface area contributed by atoms with E-state index in [2.05, 4.69) is 58.4 Å². The summed E-state index contributed by atoms with van der Waals surface area (Å²) >= 11 is 0. The molecule has 0 aromatic heterocycles. The van der Waals surface area contributed by atoms with Crippen molar-refractivity contribution in [1.82, 2.24) is 10.3 Å². The number of methoxy groups -OCH3 is 1. The van der Waals surface area contributed by atoms with Crippen LogP contribution in [0.4, 0.5) is 5.69 Å². The topological polar surface area (TPSA) is 57.2 Å². The maximum Gasteiger partial charge on any atom is 0.271 e. The SMILES string of the molecule is COc1ccccc1N1CCN(Cc2ccc(C(=O)N/N=C\c3ccc(C(C)C)cc3)cc2)CC1. The van der Waals surface area contributed by atoms with Gasteiger partial charge in [-0.15, -0.1) is 0 Å². The molecular formula is C29H34N4O2. The molecule has 6 heteroatoms. The molecule has 0 atom stereocenters. The van der Waals surface area contributed by atoms with Crippen LogP contribution in [0.5, 0.6) is 5.75 Å². The first-order valence-corrected chi connectivity index (χ1v) is 12.2. The van der Waals surface area contributed by atoms with E-state index in [1.807, 2.05) is 48.5 Å². The molecule has 1 N–H and O–H groups in total. The molecule has 6 nitrogen and oxygen atoms in total. The minimum atomic E-state index is -0.211. The Morgan fingerprint density at radius 1 is 0.971 bits per heavy atom. The third-order valence-corrected chi connectivity index (χ3v) is 6.40. The zero-order valence-corrected chi connectivity index (χ0v) is 20.8. The van der Waals surface area contributed by atoms with E-state index in [9.17, 15) is 4.79 Å². The number of benzene rings is 3. The van der Waals surface area contributed by atoms with Crippen LogP contribution in [0.3, 0.4) is 0 Å². The third-order valence-electron chi connectivity index (χ3n) is 6.40. The predicted molar refractivity (Wildman–Crippen MR) is 143 cm³/mol. The fourth-order valence-electron chi connectivity index (χ4n) is 4.25. The summed E-state index contributed by atoms with van der Waals surface area (Å²) in [4.78, 5) is 17.3. The maximum absolute atomic E-state index is 12.5. The van der Waals surface area contributed by atoms with Crippen molar-refractivity contribution >= 4 is 17.8 Å². The molecule has 0 spiro atoms. The molecule has 35 heavy (non-hydrogen) atoms. The number of carbonyl (C=O) groups excluding carboxylic acids is 1. The summed E-state index contributed by atoms with van der Waals surface area (Å²) in [5.41, 5.74) is 7.80. The van der Waals surface area contributed by atoms with Crippen molar-refractivity contribution in [3.8, 4) is 5.75 Å². The molecule has 0 aliphatic carbocycles. The number of anilines is 1. The predicted octanol–water partition coefficient (Wildman–Crippen LogP) is 4.90. The van der Waals surface area contributed by atoms with Crippen molar-refractivity contribution in [1.29, 1.82) is 0 Å². The molecule has 182 valence electrons. The summed E-state index contributed by atoms with van der Waals surface area (Å²) in [6.07, 6.45) is 1.67. The number of hydrogen-bond donors (Lipinski definition) is 1. The number of amides is 1. The number of hydrazone groups is 1. The molecule has 3 aromatic rings. The second-order valence-corrected chi connectivity index (χ2v) is 9.15. The zero-order chi connectivity index (χ0) is 24.6. The lowest BCUT2D eigenvalue weighted by Gasteiger charge is -2.36. The van der Waals surface area contributed by atoms with Gasteiger partial charge in [0.05, 0.1) is 19.0 Å². The quantitative estimate of drug-likeness (QED) is 0.376. The van der Waals surface area contributed by atoms with E-state index in [1.165, 1.54) is 11.1 Å². The van der Waals surface area contributed by atoms with Gasteiger partial charge in [0, 0.05) is 38.3 Å². The van der Waals surface area contributed by atoms with Crippen LogP contribution in [0, 0.1) is 0 Å². The highest BCUT2D eigenvalue weighted by molar-refractivity contribution is 5.94. The molecule has 1 fully saturated rings. The van der Waals surface area contributed by atoms with E-state index < -0.39 is 0 Å². The van der Waals surface area contributed by atoms with Gasteiger partial charge in [-0.1, -0.05) is 62.4 Å². The first kappa shape index (κ1) is 24.5. The van der Waals surface area contributed by atoms with Crippen molar-refractivity contribution in [2.24, 2.45) is 5.10 Å². The monoisotopic (exact) mass is 470 g/mol. The number of nitrogens with zero attached hydrogens (tertiary/aromatic N) is 3. The van der Waals surface area contributed by atoms with Crippen LogP contribution in [0.2, 0.25) is 0 Å². The Morgan fingerprint density at radius 2 is 1.66 bits per heavy atom. The smallest absolute Gasteiger partial charge is 0.271 e. The molecule has 0 unspecified atom stereocenters. The maximum atomic E-state index is 12.5. The Bertz CT molecular complexity index is 1130. The average Bonchev–Trinajstić information content (AvgIpc) is 2.90.